The van der Waals surface area contributed by atoms with Gasteiger partial charge in [-0.05, 0) is 42.5 Å². The Morgan fingerprint density at radius 1 is 1.00 bits per heavy atom. The fourth-order valence-electron chi connectivity index (χ4n) is 2.10. The number of anilines is 2. The number of hydrogen-bond acceptors (Lipinski definition) is 4. The molecule has 0 spiro atoms. The summed E-state index contributed by atoms with van der Waals surface area (Å²) in [6.07, 6.45) is -4.51. The van der Waals surface area contributed by atoms with Crippen molar-refractivity contribution in [2.24, 2.45) is 5.14 Å². The summed E-state index contributed by atoms with van der Waals surface area (Å²) in [6.45, 7) is -0.452. The summed E-state index contributed by atoms with van der Waals surface area (Å²) < 4.78 is 61.5. The molecule has 0 saturated carbocycles. The molecule has 2 amide bonds. The molecule has 2 aromatic carbocycles. The third-order valence-electron chi connectivity index (χ3n) is 3.29. The van der Waals surface area contributed by atoms with Gasteiger partial charge in [0.1, 0.15) is 0 Å². The maximum absolute atomic E-state index is 12.5. The largest absolute Gasteiger partial charge is 0.416 e. The summed E-state index contributed by atoms with van der Waals surface area (Å²) in [6, 6.07) is 9.18. The van der Waals surface area contributed by atoms with Gasteiger partial charge >= 0.3 is 6.18 Å². The Hall–Kier alpha value is -3.12. The Kier molecular flexibility index (Phi) is 6.26. The molecule has 0 heterocycles. The van der Waals surface area contributed by atoms with Crippen LogP contribution in [0.15, 0.2) is 48.5 Å². The van der Waals surface area contributed by atoms with Crippen LogP contribution in [0.2, 0.25) is 0 Å². The van der Waals surface area contributed by atoms with Crippen LogP contribution in [0, 0.1) is 0 Å². The van der Waals surface area contributed by atoms with Gasteiger partial charge in [0.25, 0.3) is 16.1 Å². The van der Waals surface area contributed by atoms with E-state index in [0.29, 0.717) is 0 Å². The lowest BCUT2D eigenvalue weighted by Crippen LogP contribution is -2.32. The van der Waals surface area contributed by atoms with Gasteiger partial charge in [-0.3, -0.25) is 14.3 Å². The average Bonchev–Trinajstić information content (AvgIpc) is 2.58. The fourth-order valence-corrected chi connectivity index (χ4v) is 2.56. The number of carbonyl (C=O) groups is 2. The quantitative estimate of drug-likeness (QED) is 0.571. The van der Waals surface area contributed by atoms with Crippen molar-refractivity contribution >= 4 is 33.4 Å². The predicted molar refractivity (Wildman–Crippen MR) is 95.6 cm³/mol. The minimum absolute atomic E-state index is 0.0415. The maximum atomic E-state index is 12.5. The van der Waals surface area contributed by atoms with Crippen molar-refractivity contribution in [3.05, 3.63) is 59.7 Å². The van der Waals surface area contributed by atoms with E-state index in [4.69, 9.17) is 5.14 Å². The lowest BCUT2D eigenvalue weighted by atomic mass is 10.1. The van der Waals surface area contributed by atoms with E-state index in [9.17, 15) is 31.2 Å². The normalized spacial score (nSPS) is 11.6. The highest BCUT2D eigenvalue weighted by Crippen LogP contribution is 2.29. The number of alkyl halides is 3. The molecule has 150 valence electrons. The monoisotopic (exact) mass is 416 g/mol. The van der Waals surface area contributed by atoms with Crippen LogP contribution in [0.25, 0.3) is 0 Å². The molecule has 0 aromatic heterocycles. The number of rotatable bonds is 6. The van der Waals surface area contributed by atoms with Crippen LogP contribution in [-0.4, -0.2) is 26.8 Å². The molecule has 0 unspecified atom stereocenters. The number of nitrogens with one attached hydrogen (secondary N) is 3. The smallest absolute Gasteiger partial charge is 0.343 e. The molecule has 0 bridgehead atoms. The molecule has 2 aromatic rings. The maximum Gasteiger partial charge on any atom is 0.416 e. The van der Waals surface area contributed by atoms with Crippen LogP contribution in [0.1, 0.15) is 15.9 Å². The van der Waals surface area contributed by atoms with Crippen LogP contribution in [0.5, 0.6) is 0 Å². The zero-order valence-corrected chi connectivity index (χ0v) is 14.9. The van der Waals surface area contributed by atoms with E-state index < -0.39 is 40.3 Å². The highest BCUT2D eigenvalue weighted by atomic mass is 32.2. The van der Waals surface area contributed by atoms with Gasteiger partial charge in [0.2, 0.25) is 5.91 Å². The Morgan fingerprint density at radius 3 is 2.18 bits per heavy atom. The summed E-state index contributed by atoms with van der Waals surface area (Å²) in [4.78, 5) is 23.8. The van der Waals surface area contributed by atoms with Crippen LogP contribution >= 0.6 is 0 Å². The Balaban J connectivity index is 1.92. The molecule has 12 heteroatoms. The van der Waals surface area contributed by atoms with Crippen LogP contribution in [-0.2, 0) is 21.2 Å². The first-order valence-corrected chi connectivity index (χ1v) is 9.14. The van der Waals surface area contributed by atoms with Gasteiger partial charge in [-0.15, -0.1) is 0 Å². The second kappa shape index (κ2) is 8.27. The summed E-state index contributed by atoms with van der Waals surface area (Å²) in [7, 11) is -3.98. The standard InChI is InChI=1S/C16H15F3N4O4S/c17-16(18,19)11-6-4-10(5-7-11)15(25)21-9-14(24)22-12-2-1-3-13(8-12)23-28(20,26)27/h1-8,23H,9H2,(H,21,25)(H,22,24)(H2,20,26,27). The third-order valence-corrected chi connectivity index (χ3v) is 3.81. The van der Waals surface area contributed by atoms with Crippen LogP contribution < -0.4 is 20.5 Å². The number of amides is 2. The van der Waals surface area contributed by atoms with E-state index in [1.165, 1.54) is 24.3 Å². The molecular weight excluding hydrogens is 401 g/mol. The van der Waals surface area contributed by atoms with Gasteiger partial charge in [0.05, 0.1) is 17.8 Å². The fraction of sp³-hybridized carbons (Fsp3) is 0.125. The molecular formula is C16H15F3N4O4S. The third kappa shape index (κ3) is 6.55. The van der Waals surface area contributed by atoms with E-state index in [2.05, 4.69) is 10.6 Å². The minimum atomic E-state index is -4.51. The molecule has 0 aliphatic heterocycles. The SMILES string of the molecule is NS(=O)(=O)Nc1cccc(NC(=O)CNC(=O)c2ccc(C(F)(F)F)cc2)c1. The van der Waals surface area contributed by atoms with Gasteiger partial charge in [-0.1, -0.05) is 6.07 Å². The summed E-state index contributed by atoms with van der Waals surface area (Å²) in [5.74, 6) is -1.36. The van der Waals surface area contributed by atoms with E-state index in [1.807, 2.05) is 4.72 Å². The average molecular weight is 416 g/mol. The van der Waals surface area contributed by atoms with Crippen molar-refractivity contribution in [2.75, 3.05) is 16.6 Å². The molecule has 0 aliphatic carbocycles. The van der Waals surface area contributed by atoms with Crippen molar-refractivity contribution < 1.29 is 31.2 Å². The van der Waals surface area contributed by atoms with Crippen LogP contribution in [0.3, 0.4) is 0 Å². The molecule has 28 heavy (non-hydrogen) atoms. The van der Waals surface area contributed by atoms with Gasteiger partial charge in [-0.2, -0.15) is 21.6 Å². The molecule has 2 rings (SSSR count). The molecule has 5 N–H and O–H groups in total. The molecule has 0 aliphatic rings. The first-order chi connectivity index (χ1) is 12.9. The first kappa shape index (κ1) is 21.2. The molecule has 0 radical (unpaired) electrons. The minimum Gasteiger partial charge on any atom is -0.343 e. The number of nitrogens with two attached hydrogens (primary N) is 1. The van der Waals surface area contributed by atoms with Crippen molar-refractivity contribution in [3.8, 4) is 0 Å². The van der Waals surface area contributed by atoms with E-state index in [1.54, 1.807) is 0 Å². The summed E-state index contributed by atoms with van der Waals surface area (Å²) in [5.41, 5.74) is -0.577. The van der Waals surface area contributed by atoms with Gasteiger partial charge < -0.3 is 10.6 Å². The van der Waals surface area contributed by atoms with Crippen molar-refractivity contribution in [1.29, 1.82) is 0 Å². The number of halogens is 3. The Morgan fingerprint density at radius 2 is 1.61 bits per heavy atom. The molecule has 0 atom stereocenters. The van der Waals surface area contributed by atoms with Gasteiger partial charge in [0, 0.05) is 11.3 Å². The van der Waals surface area contributed by atoms with Crippen molar-refractivity contribution in [2.45, 2.75) is 6.18 Å². The molecule has 8 nitrogen and oxygen atoms in total. The zero-order valence-electron chi connectivity index (χ0n) is 14.1. The van der Waals surface area contributed by atoms with Crippen molar-refractivity contribution in [3.63, 3.8) is 0 Å². The topological polar surface area (TPSA) is 130 Å². The predicted octanol–water partition coefficient (Wildman–Crippen LogP) is 1.69. The first-order valence-electron chi connectivity index (χ1n) is 7.60. The molecule has 0 fully saturated rings. The number of benzene rings is 2. The number of carbonyl (C=O) groups excluding carboxylic acids is 2. The summed E-state index contributed by atoms with van der Waals surface area (Å²) >= 11 is 0. The van der Waals surface area contributed by atoms with Gasteiger partial charge in [-0.25, -0.2) is 5.14 Å². The highest BCUT2D eigenvalue weighted by Gasteiger charge is 2.30. The highest BCUT2D eigenvalue weighted by molar-refractivity contribution is 7.90. The molecule has 0 saturated heterocycles. The second-order valence-corrected chi connectivity index (χ2v) is 6.83. The summed E-state index contributed by atoms with van der Waals surface area (Å²) in [5, 5.41) is 9.54. The van der Waals surface area contributed by atoms with E-state index in [-0.39, 0.29) is 16.9 Å². The number of hydrogen-bond donors (Lipinski definition) is 4. The second-order valence-electron chi connectivity index (χ2n) is 5.53. The van der Waals surface area contributed by atoms with Gasteiger partial charge in [0.15, 0.2) is 0 Å². The van der Waals surface area contributed by atoms with E-state index >= 15 is 0 Å². The van der Waals surface area contributed by atoms with Crippen LogP contribution in [0.4, 0.5) is 24.5 Å². The van der Waals surface area contributed by atoms with E-state index in [0.717, 1.165) is 24.3 Å². The Labute approximate surface area is 158 Å². The lowest BCUT2D eigenvalue weighted by molar-refractivity contribution is -0.137. The zero-order chi connectivity index (χ0) is 20.9. The lowest BCUT2D eigenvalue weighted by Gasteiger charge is -2.10. The van der Waals surface area contributed by atoms with Crippen molar-refractivity contribution in [1.82, 2.24) is 5.32 Å². The Bertz CT molecular complexity index is 976.